The van der Waals surface area contributed by atoms with Crippen molar-refractivity contribution >= 4 is 5.91 Å². The highest BCUT2D eigenvalue weighted by molar-refractivity contribution is 5.93. The number of aromatic amines is 1. The molecule has 6 heteroatoms. The number of aromatic nitrogens is 3. The van der Waals surface area contributed by atoms with Crippen LogP contribution in [0.3, 0.4) is 0 Å². The van der Waals surface area contributed by atoms with Gasteiger partial charge in [0.1, 0.15) is 5.69 Å². The first-order valence-corrected chi connectivity index (χ1v) is 8.16. The molecule has 0 bridgehead atoms. The van der Waals surface area contributed by atoms with Crippen molar-refractivity contribution in [3.05, 3.63) is 72.2 Å². The SMILES string of the molecule is O=C(NCC(CO)Cc1ccccn1)c1cc(-c2ccccc2)n[nH]1. The summed E-state index contributed by atoms with van der Waals surface area (Å²) < 4.78 is 0. The predicted octanol–water partition coefficient (Wildman–Crippen LogP) is 2.05. The maximum absolute atomic E-state index is 12.3. The van der Waals surface area contributed by atoms with E-state index in [-0.39, 0.29) is 18.4 Å². The van der Waals surface area contributed by atoms with E-state index in [1.165, 1.54) is 0 Å². The number of benzene rings is 1. The molecule has 0 saturated heterocycles. The molecule has 0 aliphatic rings. The van der Waals surface area contributed by atoms with E-state index in [2.05, 4.69) is 20.5 Å². The van der Waals surface area contributed by atoms with Crippen LogP contribution >= 0.6 is 0 Å². The van der Waals surface area contributed by atoms with Crippen LogP contribution in [0.25, 0.3) is 11.3 Å². The van der Waals surface area contributed by atoms with Gasteiger partial charge in [0, 0.05) is 36.5 Å². The van der Waals surface area contributed by atoms with E-state index >= 15 is 0 Å². The van der Waals surface area contributed by atoms with Crippen LogP contribution in [-0.4, -0.2) is 39.3 Å². The molecule has 1 unspecified atom stereocenters. The summed E-state index contributed by atoms with van der Waals surface area (Å²) in [6.45, 7) is 0.348. The first-order valence-electron chi connectivity index (χ1n) is 8.16. The minimum Gasteiger partial charge on any atom is -0.396 e. The second-order valence-corrected chi connectivity index (χ2v) is 5.82. The lowest BCUT2D eigenvalue weighted by Crippen LogP contribution is -2.32. The lowest BCUT2D eigenvalue weighted by molar-refractivity contribution is 0.0935. The number of nitrogens with one attached hydrogen (secondary N) is 2. The Hall–Kier alpha value is -2.99. The van der Waals surface area contributed by atoms with Gasteiger partial charge in [0.05, 0.1) is 5.69 Å². The Kier molecular flexibility index (Phi) is 5.53. The molecule has 0 aliphatic heterocycles. The zero-order chi connectivity index (χ0) is 17.5. The molecule has 6 nitrogen and oxygen atoms in total. The van der Waals surface area contributed by atoms with Crippen LogP contribution in [0.1, 0.15) is 16.2 Å². The molecular formula is C19H20N4O2. The quantitative estimate of drug-likeness (QED) is 0.616. The summed E-state index contributed by atoms with van der Waals surface area (Å²) in [6.07, 6.45) is 2.33. The van der Waals surface area contributed by atoms with Crippen LogP contribution in [0.15, 0.2) is 60.8 Å². The van der Waals surface area contributed by atoms with Crippen molar-refractivity contribution in [1.82, 2.24) is 20.5 Å². The summed E-state index contributed by atoms with van der Waals surface area (Å²) in [7, 11) is 0. The van der Waals surface area contributed by atoms with Crippen LogP contribution in [-0.2, 0) is 6.42 Å². The summed E-state index contributed by atoms with van der Waals surface area (Å²) in [6, 6.07) is 17.0. The van der Waals surface area contributed by atoms with Gasteiger partial charge in [-0.3, -0.25) is 14.9 Å². The fourth-order valence-electron chi connectivity index (χ4n) is 2.54. The number of H-pyrrole nitrogens is 1. The van der Waals surface area contributed by atoms with Gasteiger partial charge in [-0.05, 0) is 24.6 Å². The van der Waals surface area contributed by atoms with Crippen LogP contribution in [0.4, 0.5) is 0 Å². The van der Waals surface area contributed by atoms with Gasteiger partial charge in [-0.1, -0.05) is 36.4 Å². The Morgan fingerprint density at radius 2 is 1.96 bits per heavy atom. The Labute approximate surface area is 145 Å². The van der Waals surface area contributed by atoms with Gasteiger partial charge in [-0.25, -0.2) is 0 Å². The van der Waals surface area contributed by atoms with E-state index < -0.39 is 0 Å². The molecule has 3 rings (SSSR count). The maximum atomic E-state index is 12.3. The summed E-state index contributed by atoms with van der Waals surface area (Å²) in [5, 5.41) is 19.3. The van der Waals surface area contributed by atoms with Crippen molar-refractivity contribution in [3.63, 3.8) is 0 Å². The second-order valence-electron chi connectivity index (χ2n) is 5.82. The van der Waals surface area contributed by atoms with E-state index in [0.29, 0.717) is 18.7 Å². The van der Waals surface area contributed by atoms with Crippen LogP contribution in [0.2, 0.25) is 0 Å². The van der Waals surface area contributed by atoms with Crippen LogP contribution < -0.4 is 5.32 Å². The summed E-state index contributed by atoms with van der Waals surface area (Å²) in [5.74, 6) is -0.329. The summed E-state index contributed by atoms with van der Waals surface area (Å²) >= 11 is 0. The molecule has 3 aromatic rings. The number of hydrogen-bond acceptors (Lipinski definition) is 4. The minimum absolute atomic E-state index is 0.0188. The molecule has 0 fully saturated rings. The van der Waals surface area contributed by atoms with Gasteiger partial charge < -0.3 is 10.4 Å². The molecule has 25 heavy (non-hydrogen) atoms. The number of pyridine rings is 1. The van der Waals surface area contributed by atoms with E-state index in [0.717, 1.165) is 17.0 Å². The first kappa shape index (κ1) is 16.9. The molecule has 1 amide bonds. The molecule has 128 valence electrons. The molecule has 2 aromatic heterocycles. The predicted molar refractivity (Wildman–Crippen MR) is 94.9 cm³/mol. The topological polar surface area (TPSA) is 90.9 Å². The van der Waals surface area contributed by atoms with Gasteiger partial charge in [-0.15, -0.1) is 0 Å². The van der Waals surface area contributed by atoms with Crippen molar-refractivity contribution < 1.29 is 9.90 Å². The van der Waals surface area contributed by atoms with E-state index in [1.807, 2.05) is 48.5 Å². The average molecular weight is 336 g/mol. The number of amides is 1. The largest absolute Gasteiger partial charge is 0.396 e. The highest BCUT2D eigenvalue weighted by Gasteiger charge is 2.14. The molecule has 3 N–H and O–H groups in total. The van der Waals surface area contributed by atoms with Crippen molar-refractivity contribution in [3.8, 4) is 11.3 Å². The van der Waals surface area contributed by atoms with Gasteiger partial charge in [-0.2, -0.15) is 5.10 Å². The highest BCUT2D eigenvalue weighted by atomic mass is 16.3. The van der Waals surface area contributed by atoms with Gasteiger partial charge >= 0.3 is 0 Å². The third-order valence-corrected chi connectivity index (χ3v) is 3.93. The lowest BCUT2D eigenvalue weighted by atomic mass is 10.0. The van der Waals surface area contributed by atoms with E-state index in [1.54, 1.807) is 12.3 Å². The van der Waals surface area contributed by atoms with Gasteiger partial charge in [0.2, 0.25) is 0 Å². The molecule has 0 aliphatic carbocycles. The van der Waals surface area contributed by atoms with Gasteiger partial charge in [0.15, 0.2) is 0 Å². The Morgan fingerprint density at radius 3 is 2.68 bits per heavy atom. The maximum Gasteiger partial charge on any atom is 0.269 e. The third kappa shape index (κ3) is 4.51. The van der Waals surface area contributed by atoms with Crippen molar-refractivity contribution in [2.24, 2.45) is 5.92 Å². The molecule has 0 spiro atoms. The fraction of sp³-hybridized carbons (Fsp3) is 0.211. The number of aliphatic hydroxyl groups excluding tert-OH is 1. The van der Waals surface area contributed by atoms with Crippen molar-refractivity contribution in [2.75, 3.05) is 13.2 Å². The number of rotatable bonds is 7. The smallest absolute Gasteiger partial charge is 0.269 e. The molecule has 0 radical (unpaired) electrons. The molecular weight excluding hydrogens is 316 g/mol. The van der Waals surface area contributed by atoms with Crippen LogP contribution in [0.5, 0.6) is 0 Å². The Morgan fingerprint density at radius 1 is 1.16 bits per heavy atom. The number of carbonyl (C=O) groups is 1. The zero-order valence-electron chi connectivity index (χ0n) is 13.7. The van der Waals surface area contributed by atoms with Crippen molar-refractivity contribution in [1.29, 1.82) is 0 Å². The molecule has 2 heterocycles. The monoisotopic (exact) mass is 336 g/mol. The number of aliphatic hydroxyl groups is 1. The lowest BCUT2D eigenvalue weighted by Gasteiger charge is -2.14. The highest BCUT2D eigenvalue weighted by Crippen LogP contribution is 2.16. The number of hydrogen-bond donors (Lipinski definition) is 3. The van der Waals surface area contributed by atoms with E-state index in [4.69, 9.17) is 0 Å². The normalized spacial score (nSPS) is 11.9. The molecule has 1 aromatic carbocycles. The number of nitrogens with zero attached hydrogens (tertiary/aromatic N) is 2. The number of carbonyl (C=O) groups excluding carboxylic acids is 1. The third-order valence-electron chi connectivity index (χ3n) is 3.93. The van der Waals surface area contributed by atoms with Crippen molar-refractivity contribution in [2.45, 2.75) is 6.42 Å². The van der Waals surface area contributed by atoms with Crippen LogP contribution in [0, 0.1) is 5.92 Å². The fourth-order valence-corrected chi connectivity index (χ4v) is 2.54. The molecule has 0 saturated carbocycles. The zero-order valence-corrected chi connectivity index (χ0v) is 13.7. The average Bonchev–Trinajstić information content (AvgIpc) is 3.17. The molecule has 1 atom stereocenters. The van der Waals surface area contributed by atoms with Gasteiger partial charge in [0.25, 0.3) is 5.91 Å². The Bertz CT molecular complexity index is 803. The second kappa shape index (κ2) is 8.21. The standard InChI is InChI=1S/C19H20N4O2/c24-13-14(10-16-8-4-5-9-20-16)12-21-19(25)18-11-17(22-23-18)15-6-2-1-3-7-15/h1-9,11,14,24H,10,12-13H2,(H,21,25)(H,22,23). The first-order chi connectivity index (χ1) is 12.3. The summed E-state index contributed by atoms with van der Waals surface area (Å²) in [5.41, 5.74) is 2.95. The summed E-state index contributed by atoms with van der Waals surface area (Å²) in [4.78, 5) is 16.5. The van der Waals surface area contributed by atoms with E-state index in [9.17, 15) is 9.90 Å². The Balaban J connectivity index is 1.57. The minimum atomic E-state index is -0.242.